The molecule has 156 valence electrons. The Morgan fingerprint density at radius 3 is 2.72 bits per heavy atom. The molecule has 29 heavy (non-hydrogen) atoms. The Morgan fingerprint density at radius 2 is 2.00 bits per heavy atom. The molecule has 0 radical (unpaired) electrons. The number of carbonyl (C=O) groups excluding carboxylic acids is 1. The lowest BCUT2D eigenvalue weighted by molar-refractivity contribution is 0.0918. The number of amides is 1. The number of ether oxygens (including phenoxy) is 1. The molecule has 0 saturated carbocycles. The zero-order chi connectivity index (χ0) is 20.9. The highest BCUT2D eigenvalue weighted by molar-refractivity contribution is 7.89. The van der Waals surface area contributed by atoms with Crippen molar-refractivity contribution in [2.24, 2.45) is 5.10 Å². The monoisotopic (exact) mass is 419 g/mol. The van der Waals surface area contributed by atoms with Crippen LogP contribution in [0.5, 0.6) is 0 Å². The van der Waals surface area contributed by atoms with E-state index < -0.39 is 10.0 Å². The molecule has 0 saturated heterocycles. The lowest BCUT2D eigenvalue weighted by Gasteiger charge is -2.14. The van der Waals surface area contributed by atoms with Crippen LogP contribution in [0.1, 0.15) is 46.7 Å². The van der Waals surface area contributed by atoms with E-state index in [9.17, 15) is 13.2 Å². The summed E-state index contributed by atoms with van der Waals surface area (Å²) in [4.78, 5) is 14.9. The van der Waals surface area contributed by atoms with Crippen molar-refractivity contribution in [1.29, 1.82) is 0 Å². The fourth-order valence-electron chi connectivity index (χ4n) is 3.26. The highest BCUT2D eigenvalue weighted by Crippen LogP contribution is 2.30. The maximum absolute atomic E-state index is 12.5. The van der Waals surface area contributed by atoms with Crippen molar-refractivity contribution in [3.63, 3.8) is 0 Å². The second-order valence-corrected chi connectivity index (χ2v) is 8.44. The zero-order valence-electron chi connectivity index (χ0n) is 16.5. The molecule has 1 amide bonds. The maximum Gasteiger partial charge on any atom is 0.287 e. The van der Waals surface area contributed by atoms with Gasteiger partial charge in [-0.2, -0.15) is 18.4 Å². The fraction of sp³-hybridized carbons (Fsp3) is 0.400. The maximum atomic E-state index is 12.5. The molecule has 1 aromatic carbocycles. The zero-order valence-corrected chi connectivity index (χ0v) is 17.3. The Bertz CT molecular complexity index is 997. The number of nitrogens with zero attached hydrogens (tertiary/aromatic N) is 1. The number of nitrogens with one attached hydrogen (secondary N) is 2. The minimum Gasteiger partial charge on any atom is -0.455 e. The van der Waals surface area contributed by atoms with Gasteiger partial charge in [0.1, 0.15) is 5.76 Å². The molecule has 1 aliphatic carbocycles. The van der Waals surface area contributed by atoms with Crippen LogP contribution in [0.4, 0.5) is 0 Å². The standard InChI is InChI=1S/C20H25N3O5S/c1-14-18-16(22-23-29(25,26)15-8-4-3-5-9-15)10-6-11-17(18)28-19(14)20(24)21-12-7-13-27-2/h3-5,8-9,23H,6-7,10-13H2,1-2H3,(H,21,24)/b22-16+. The van der Waals surface area contributed by atoms with E-state index in [2.05, 4.69) is 15.2 Å². The molecular formula is C20H25N3O5S. The molecule has 9 heteroatoms. The van der Waals surface area contributed by atoms with E-state index in [-0.39, 0.29) is 16.6 Å². The van der Waals surface area contributed by atoms with Gasteiger partial charge in [0, 0.05) is 37.8 Å². The molecule has 1 aliphatic rings. The smallest absolute Gasteiger partial charge is 0.287 e. The van der Waals surface area contributed by atoms with Crippen LogP contribution >= 0.6 is 0 Å². The Labute approximate surface area is 170 Å². The van der Waals surface area contributed by atoms with E-state index in [1.807, 2.05) is 0 Å². The molecular weight excluding hydrogens is 394 g/mol. The first-order valence-electron chi connectivity index (χ1n) is 9.47. The molecule has 2 aromatic rings. The van der Waals surface area contributed by atoms with Gasteiger partial charge in [-0.25, -0.2) is 0 Å². The van der Waals surface area contributed by atoms with Crippen molar-refractivity contribution in [1.82, 2.24) is 10.1 Å². The number of benzene rings is 1. The second kappa shape index (κ2) is 9.23. The van der Waals surface area contributed by atoms with Crippen LogP contribution in [0.25, 0.3) is 0 Å². The molecule has 0 bridgehead atoms. The van der Waals surface area contributed by atoms with Gasteiger partial charge in [-0.1, -0.05) is 18.2 Å². The molecule has 0 unspecified atom stereocenters. The van der Waals surface area contributed by atoms with Crippen LogP contribution in [-0.2, 0) is 21.2 Å². The summed E-state index contributed by atoms with van der Waals surface area (Å²) >= 11 is 0. The van der Waals surface area contributed by atoms with Crippen molar-refractivity contribution < 1.29 is 22.4 Å². The van der Waals surface area contributed by atoms with Gasteiger partial charge >= 0.3 is 0 Å². The van der Waals surface area contributed by atoms with Gasteiger partial charge in [0.15, 0.2) is 5.76 Å². The molecule has 0 atom stereocenters. The molecule has 1 heterocycles. The van der Waals surface area contributed by atoms with E-state index in [1.165, 1.54) is 12.1 Å². The first kappa shape index (κ1) is 21.1. The molecule has 1 aromatic heterocycles. The Balaban J connectivity index is 1.80. The highest BCUT2D eigenvalue weighted by atomic mass is 32.2. The lowest BCUT2D eigenvalue weighted by atomic mass is 9.93. The molecule has 0 spiro atoms. The minimum atomic E-state index is -3.76. The van der Waals surface area contributed by atoms with Gasteiger partial charge in [0.05, 0.1) is 10.6 Å². The number of fused-ring (bicyclic) bond motifs is 1. The van der Waals surface area contributed by atoms with Gasteiger partial charge < -0.3 is 14.5 Å². The number of hydrogen-bond donors (Lipinski definition) is 2. The van der Waals surface area contributed by atoms with Crippen LogP contribution in [0, 0.1) is 6.92 Å². The van der Waals surface area contributed by atoms with Crippen molar-refractivity contribution >= 4 is 21.6 Å². The number of sulfonamides is 1. The largest absolute Gasteiger partial charge is 0.455 e. The van der Waals surface area contributed by atoms with Crippen molar-refractivity contribution in [3.8, 4) is 0 Å². The van der Waals surface area contributed by atoms with Gasteiger partial charge in [0.2, 0.25) is 0 Å². The van der Waals surface area contributed by atoms with E-state index in [4.69, 9.17) is 9.15 Å². The Kier molecular flexibility index (Phi) is 6.71. The number of methoxy groups -OCH3 is 1. The summed E-state index contributed by atoms with van der Waals surface area (Å²) in [6, 6.07) is 8.05. The summed E-state index contributed by atoms with van der Waals surface area (Å²) in [6.45, 7) is 2.83. The SMILES string of the molecule is COCCCNC(=O)c1oc2c(c1C)/C(=N/NS(=O)(=O)c1ccccc1)CCC2. The average molecular weight is 420 g/mol. The third-order valence-corrected chi connectivity index (χ3v) is 5.92. The van der Waals surface area contributed by atoms with Gasteiger partial charge in [0.25, 0.3) is 15.9 Å². The minimum absolute atomic E-state index is 0.139. The van der Waals surface area contributed by atoms with E-state index in [0.717, 1.165) is 6.42 Å². The predicted octanol–water partition coefficient (Wildman–Crippen LogP) is 2.37. The van der Waals surface area contributed by atoms with Crippen LogP contribution in [-0.4, -0.2) is 40.3 Å². The van der Waals surface area contributed by atoms with Crippen molar-refractivity contribution in [2.75, 3.05) is 20.3 Å². The third kappa shape index (κ3) is 4.86. The summed E-state index contributed by atoms with van der Waals surface area (Å²) in [7, 11) is -2.15. The fourth-order valence-corrected chi connectivity index (χ4v) is 4.11. The summed E-state index contributed by atoms with van der Waals surface area (Å²) in [5.74, 6) is 0.610. The summed E-state index contributed by atoms with van der Waals surface area (Å²) in [5, 5.41) is 6.98. The van der Waals surface area contributed by atoms with Crippen LogP contribution in [0.2, 0.25) is 0 Å². The van der Waals surface area contributed by atoms with Gasteiger partial charge in [-0.15, -0.1) is 0 Å². The number of hydrazone groups is 1. The molecule has 8 nitrogen and oxygen atoms in total. The third-order valence-electron chi connectivity index (χ3n) is 4.70. The Morgan fingerprint density at radius 1 is 1.24 bits per heavy atom. The van der Waals surface area contributed by atoms with E-state index in [1.54, 1.807) is 32.2 Å². The quantitative estimate of drug-likeness (QED) is 0.504. The lowest BCUT2D eigenvalue weighted by Crippen LogP contribution is -2.25. The molecule has 0 aliphatic heterocycles. The first-order chi connectivity index (χ1) is 13.9. The number of furan rings is 1. The second-order valence-electron chi connectivity index (χ2n) is 6.78. The summed E-state index contributed by atoms with van der Waals surface area (Å²) in [5.41, 5.74) is 1.96. The number of carbonyl (C=O) groups is 1. The topological polar surface area (TPSA) is 110 Å². The van der Waals surface area contributed by atoms with Crippen molar-refractivity contribution in [3.05, 3.63) is 53.0 Å². The summed E-state index contributed by atoms with van der Waals surface area (Å²) in [6.07, 6.45) is 2.74. The predicted molar refractivity (Wildman–Crippen MR) is 109 cm³/mol. The van der Waals surface area contributed by atoms with Gasteiger partial charge in [-0.3, -0.25) is 4.79 Å². The Hall–Kier alpha value is -2.65. The van der Waals surface area contributed by atoms with E-state index >= 15 is 0 Å². The molecule has 0 fully saturated rings. The first-order valence-corrected chi connectivity index (χ1v) is 11.0. The molecule has 3 rings (SSSR count). The van der Waals surface area contributed by atoms with Crippen LogP contribution < -0.4 is 10.1 Å². The van der Waals surface area contributed by atoms with Gasteiger partial charge in [-0.05, 0) is 38.3 Å². The summed E-state index contributed by atoms with van der Waals surface area (Å²) < 4.78 is 35.7. The number of rotatable bonds is 8. The highest BCUT2D eigenvalue weighted by Gasteiger charge is 2.28. The van der Waals surface area contributed by atoms with E-state index in [0.29, 0.717) is 55.0 Å². The molecule has 2 N–H and O–H groups in total. The van der Waals surface area contributed by atoms with Crippen molar-refractivity contribution in [2.45, 2.75) is 37.5 Å². The number of aryl methyl sites for hydroxylation is 1. The average Bonchev–Trinajstić information content (AvgIpc) is 3.07. The van der Waals surface area contributed by atoms with Crippen LogP contribution in [0.3, 0.4) is 0 Å². The number of hydrogen-bond acceptors (Lipinski definition) is 6. The normalized spacial score (nSPS) is 15.2. The van der Waals surface area contributed by atoms with Crippen LogP contribution in [0.15, 0.2) is 44.7 Å².